The van der Waals surface area contributed by atoms with Crippen molar-refractivity contribution in [2.45, 2.75) is 65.2 Å². The van der Waals surface area contributed by atoms with Crippen LogP contribution in [0.25, 0.3) is 0 Å². The van der Waals surface area contributed by atoms with Gasteiger partial charge in [-0.2, -0.15) is 0 Å². The summed E-state index contributed by atoms with van der Waals surface area (Å²) in [5.41, 5.74) is 0.486. The van der Waals surface area contributed by atoms with Crippen molar-refractivity contribution in [3.05, 3.63) is 37.5 Å². The highest BCUT2D eigenvalue weighted by molar-refractivity contribution is 5.86. The van der Waals surface area contributed by atoms with E-state index >= 15 is 0 Å². The third kappa shape index (κ3) is 33.3. The third-order valence-electron chi connectivity index (χ3n) is 2.93. The Morgan fingerprint density at radius 1 is 0.846 bits per heavy atom. The molecule has 0 unspecified atom stereocenters. The fraction of sp³-hybridized carbons (Fsp3) is 0.550. The molecule has 2 N–H and O–H groups in total. The number of carboxylic acids is 2. The number of rotatable bonds is 12. The molecule has 6 heteroatoms. The van der Waals surface area contributed by atoms with Gasteiger partial charge in [-0.3, -0.25) is 0 Å². The van der Waals surface area contributed by atoms with E-state index in [1.54, 1.807) is 6.92 Å². The summed E-state index contributed by atoms with van der Waals surface area (Å²) in [7, 11) is 0. The smallest absolute Gasteiger partial charge is 0.333 e. The molecule has 0 radical (unpaired) electrons. The average molecular weight is 370 g/mol. The predicted molar refractivity (Wildman–Crippen MR) is 104 cm³/mol. The molecule has 0 aliphatic carbocycles. The number of ether oxygens (including phenoxy) is 1. The summed E-state index contributed by atoms with van der Waals surface area (Å²) in [5.74, 6) is -2.22. The van der Waals surface area contributed by atoms with Gasteiger partial charge in [0.05, 0.1) is 6.61 Å². The number of aliphatic carboxylic acids is 2. The summed E-state index contributed by atoms with van der Waals surface area (Å²) in [5, 5.41) is 15.2. The molecule has 26 heavy (non-hydrogen) atoms. The molecule has 150 valence electrons. The van der Waals surface area contributed by atoms with Gasteiger partial charge in [-0.15, -0.1) is 0 Å². The van der Waals surface area contributed by atoms with Crippen molar-refractivity contribution in [3.63, 3.8) is 0 Å². The molecule has 0 rings (SSSR count). The van der Waals surface area contributed by atoms with Gasteiger partial charge in [0, 0.05) is 17.7 Å². The van der Waals surface area contributed by atoms with Crippen molar-refractivity contribution in [2.75, 3.05) is 6.61 Å². The normalized spacial score (nSPS) is 8.69. The first-order chi connectivity index (χ1) is 12.2. The molecule has 0 aromatic rings. The number of esters is 1. The fourth-order valence-electron chi connectivity index (χ4n) is 1.52. The lowest BCUT2D eigenvalue weighted by molar-refractivity contribution is -0.139. The highest BCUT2D eigenvalue weighted by Gasteiger charge is 2.01. The van der Waals surface area contributed by atoms with Crippen molar-refractivity contribution in [1.82, 2.24) is 0 Å². The van der Waals surface area contributed by atoms with Crippen LogP contribution in [0.4, 0.5) is 0 Å². The first kappa shape index (κ1) is 28.4. The standard InChI is InChI=1S/C14H26O2.2C3H4O2/c1-4-5-6-7-8-9-10-11-12-16-14(15)13(2)3;2*1-2-3(4)5/h2,4-12H2,1,3H3;2*2H,1H2,(H,4,5). The van der Waals surface area contributed by atoms with E-state index in [1.807, 2.05) is 0 Å². The topological polar surface area (TPSA) is 101 Å². The molecule has 0 aromatic carbocycles. The second-order valence-corrected chi connectivity index (χ2v) is 5.48. The van der Waals surface area contributed by atoms with Gasteiger partial charge < -0.3 is 14.9 Å². The molecule has 0 amide bonds. The summed E-state index contributed by atoms with van der Waals surface area (Å²) in [6.07, 6.45) is 11.7. The van der Waals surface area contributed by atoms with Crippen molar-refractivity contribution in [3.8, 4) is 0 Å². The Labute approximate surface area is 157 Å². The van der Waals surface area contributed by atoms with E-state index in [0.717, 1.165) is 25.0 Å². The Morgan fingerprint density at radius 3 is 1.50 bits per heavy atom. The van der Waals surface area contributed by atoms with Crippen LogP contribution in [0.2, 0.25) is 0 Å². The van der Waals surface area contributed by atoms with Crippen molar-refractivity contribution in [2.24, 2.45) is 0 Å². The Hall–Kier alpha value is -2.37. The minimum absolute atomic E-state index is 0.261. The highest BCUT2D eigenvalue weighted by Crippen LogP contribution is 2.08. The Balaban J connectivity index is -0.000000433. The van der Waals surface area contributed by atoms with Crippen LogP contribution in [0, 0.1) is 0 Å². The Kier molecular flexibility index (Phi) is 24.7. The summed E-state index contributed by atoms with van der Waals surface area (Å²) >= 11 is 0. The first-order valence-electron chi connectivity index (χ1n) is 8.76. The average Bonchev–Trinajstić information content (AvgIpc) is 2.60. The van der Waals surface area contributed by atoms with E-state index in [1.165, 1.54) is 38.5 Å². The van der Waals surface area contributed by atoms with Crippen LogP contribution in [0.5, 0.6) is 0 Å². The second-order valence-electron chi connectivity index (χ2n) is 5.48. The van der Waals surface area contributed by atoms with Gasteiger partial charge in [0.25, 0.3) is 0 Å². The number of carbonyl (C=O) groups excluding carboxylic acids is 1. The lowest BCUT2D eigenvalue weighted by Gasteiger charge is -2.04. The van der Waals surface area contributed by atoms with Gasteiger partial charge in [-0.1, -0.05) is 71.6 Å². The van der Waals surface area contributed by atoms with Gasteiger partial charge in [-0.25, -0.2) is 14.4 Å². The van der Waals surface area contributed by atoms with E-state index in [2.05, 4.69) is 26.7 Å². The number of carboxylic acid groups (broad SMARTS) is 2. The summed E-state index contributed by atoms with van der Waals surface area (Å²) in [6, 6.07) is 0. The molecule has 0 saturated heterocycles. The quantitative estimate of drug-likeness (QED) is 0.292. The van der Waals surface area contributed by atoms with E-state index in [-0.39, 0.29) is 5.97 Å². The monoisotopic (exact) mass is 370 g/mol. The molecule has 0 heterocycles. The number of unbranched alkanes of at least 4 members (excludes halogenated alkanes) is 7. The van der Waals surface area contributed by atoms with Crippen LogP contribution < -0.4 is 0 Å². The van der Waals surface area contributed by atoms with Crippen LogP contribution in [0.15, 0.2) is 37.5 Å². The van der Waals surface area contributed by atoms with Crippen LogP contribution in [-0.4, -0.2) is 34.7 Å². The molecular weight excluding hydrogens is 336 g/mol. The van der Waals surface area contributed by atoms with Gasteiger partial charge in [0.15, 0.2) is 0 Å². The second kappa shape index (κ2) is 22.6. The zero-order valence-corrected chi connectivity index (χ0v) is 16.2. The maximum Gasteiger partial charge on any atom is 0.333 e. The Morgan fingerprint density at radius 2 is 1.19 bits per heavy atom. The minimum Gasteiger partial charge on any atom is -0.478 e. The van der Waals surface area contributed by atoms with Crippen LogP contribution >= 0.6 is 0 Å². The number of carbonyl (C=O) groups is 3. The van der Waals surface area contributed by atoms with E-state index < -0.39 is 11.9 Å². The van der Waals surface area contributed by atoms with Gasteiger partial charge in [-0.05, 0) is 13.3 Å². The maximum atomic E-state index is 11.0. The van der Waals surface area contributed by atoms with Gasteiger partial charge >= 0.3 is 17.9 Å². The molecule has 0 atom stereocenters. The molecule has 0 fully saturated rings. The maximum absolute atomic E-state index is 11.0. The van der Waals surface area contributed by atoms with Gasteiger partial charge in [0.2, 0.25) is 0 Å². The van der Waals surface area contributed by atoms with Crippen molar-refractivity contribution < 1.29 is 29.3 Å². The lowest BCUT2D eigenvalue weighted by Crippen LogP contribution is -2.05. The van der Waals surface area contributed by atoms with E-state index in [0.29, 0.717) is 12.2 Å². The minimum atomic E-state index is -0.981. The largest absolute Gasteiger partial charge is 0.478 e. The SMILES string of the molecule is C=C(C)C(=O)OCCCCCCCCCC.C=CC(=O)O.C=CC(=O)O. The first-order valence-corrected chi connectivity index (χ1v) is 8.76. The van der Waals surface area contributed by atoms with Crippen molar-refractivity contribution >= 4 is 17.9 Å². The number of hydrogen-bond donors (Lipinski definition) is 2. The van der Waals surface area contributed by atoms with Gasteiger partial charge in [0.1, 0.15) is 0 Å². The van der Waals surface area contributed by atoms with Crippen molar-refractivity contribution in [1.29, 1.82) is 0 Å². The summed E-state index contributed by atoms with van der Waals surface area (Å²) in [6.45, 7) is 13.9. The molecule has 0 saturated carbocycles. The van der Waals surface area contributed by atoms with Crippen LogP contribution in [0.1, 0.15) is 65.2 Å². The molecule has 0 spiro atoms. The Bertz CT molecular complexity index is 408. The molecule has 0 aromatic heterocycles. The zero-order valence-electron chi connectivity index (χ0n) is 16.2. The highest BCUT2D eigenvalue weighted by atomic mass is 16.5. The molecule has 0 aliphatic rings. The third-order valence-corrected chi connectivity index (χ3v) is 2.93. The summed E-state index contributed by atoms with van der Waals surface area (Å²) in [4.78, 5) is 29.5. The predicted octanol–water partition coefficient (Wildman–Crippen LogP) is 4.76. The van der Waals surface area contributed by atoms with E-state index in [9.17, 15) is 14.4 Å². The lowest BCUT2D eigenvalue weighted by atomic mass is 10.1. The zero-order chi connectivity index (χ0) is 20.8. The molecule has 0 aliphatic heterocycles. The van der Waals surface area contributed by atoms with Crippen LogP contribution in [0.3, 0.4) is 0 Å². The van der Waals surface area contributed by atoms with Crippen LogP contribution in [-0.2, 0) is 19.1 Å². The fourth-order valence-corrected chi connectivity index (χ4v) is 1.52. The molecule has 0 bridgehead atoms. The summed E-state index contributed by atoms with van der Waals surface area (Å²) < 4.78 is 5.01. The number of hydrogen-bond acceptors (Lipinski definition) is 4. The molecule has 6 nitrogen and oxygen atoms in total. The molecular formula is C20H34O6. The van der Waals surface area contributed by atoms with E-state index in [4.69, 9.17) is 14.9 Å².